The summed E-state index contributed by atoms with van der Waals surface area (Å²) in [5.74, 6) is -0.439. The van der Waals surface area contributed by atoms with Crippen LogP contribution in [0.25, 0.3) is 0 Å². The summed E-state index contributed by atoms with van der Waals surface area (Å²) in [6, 6.07) is 2.76. The molecule has 1 fully saturated rings. The van der Waals surface area contributed by atoms with Crippen LogP contribution in [-0.2, 0) is 4.74 Å². The minimum Gasteiger partial charge on any atom is -0.444 e. The Kier molecular flexibility index (Phi) is 6.25. The van der Waals surface area contributed by atoms with Crippen molar-refractivity contribution in [2.24, 2.45) is 0 Å². The molecule has 1 aliphatic rings. The third-order valence-electron chi connectivity index (χ3n) is 3.60. The van der Waals surface area contributed by atoms with E-state index in [2.05, 4.69) is 15.4 Å². The van der Waals surface area contributed by atoms with Gasteiger partial charge in [0.25, 0.3) is 0 Å². The molecule has 1 heterocycles. The van der Waals surface area contributed by atoms with Gasteiger partial charge in [0.15, 0.2) is 6.30 Å². The van der Waals surface area contributed by atoms with Crippen molar-refractivity contribution in [3.63, 3.8) is 0 Å². The topological polar surface area (TPSA) is 79.9 Å². The molecule has 7 nitrogen and oxygen atoms in total. The number of amides is 3. The van der Waals surface area contributed by atoms with Crippen LogP contribution in [0.2, 0.25) is 0 Å². The Labute approximate surface area is 159 Å². The van der Waals surface area contributed by atoms with Crippen molar-refractivity contribution in [1.82, 2.24) is 10.2 Å². The average Bonchev–Trinajstić information content (AvgIpc) is 2.87. The van der Waals surface area contributed by atoms with Crippen molar-refractivity contribution in [3.05, 3.63) is 24.3 Å². The number of hydrogen-bond acceptors (Lipinski definition) is 4. The highest BCUT2D eigenvalue weighted by molar-refractivity contribution is 5.89. The third-order valence-corrected chi connectivity index (χ3v) is 3.60. The number of nitrogens with zero attached hydrogens (tertiary/aromatic N) is 1. The Morgan fingerprint density at radius 1 is 1.14 bits per heavy atom. The summed E-state index contributed by atoms with van der Waals surface area (Å²) in [5.41, 5.74) is -0.591. The number of urea groups is 1. The van der Waals surface area contributed by atoms with Crippen molar-refractivity contribution in [2.45, 2.75) is 51.5 Å². The van der Waals surface area contributed by atoms with Crippen molar-refractivity contribution in [1.29, 1.82) is 0 Å². The number of anilines is 1. The minimum atomic E-state index is -4.81. The molecule has 0 aromatic heterocycles. The first kappa shape index (κ1) is 21.6. The van der Waals surface area contributed by atoms with Crippen molar-refractivity contribution < 1.29 is 36.6 Å². The molecule has 0 saturated carbocycles. The van der Waals surface area contributed by atoms with Crippen LogP contribution in [0.5, 0.6) is 5.75 Å². The molecular weight excluding hydrogens is 386 g/mol. The molecule has 0 unspecified atom stereocenters. The molecule has 156 valence electrons. The molecule has 11 heteroatoms. The molecule has 1 aromatic carbocycles. The predicted molar refractivity (Wildman–Crippen MR) is 91.5 cm³/mol. The number of halogens is 4. The fraction of sp³-hybridized carbons (Fsp3) is 0.529. The van der Waals surface area contributed by atoms with Crippen LogP contribution in [0, 0.1) is 0 Å². The zero-order valence-corrected chi connectivity index (χ0v) is 15.5. The van der Waals surface area contributed by atoms with E-state index in [4.69, 9.17) is 4.74 Å². The maximum absolute atomic E-state index is 14.4. The van der Waals surface area contributed by atoms with E-state index in [-0.39, 0.29) is 18.7 Å². The quantitative estimate of drug-likeness (QED) is 0.586. The van der Waals surface area contributed by atoms with Gasteiger partial charge in [0.1, 0.15) is 11.4 Å². The van der Waals surface area contributed by atoms with Gasteiger partial charge in [-0.25, -0.2) is 14.0 Å². The average molecular weight is 407 g/mol. The molecule has 0 aliphatic carbocycles. The largest absolute Gasteiger partial charge is 0.573 e. The Hall–Kier alpha value is -2.72. The zero-order valence-electron chi connectivity index (χ0n) is 15.5. The van der Waals surface area contributed by atoms with Gasteiger partial charge in [-0.15, -0.1) is 13.2 Å². The van der Waals surface area contributed by atoms with Gasteiger partial charge in [-0.2, -0.15) is 0 Å². The highest BCUT2D eigenvalue weighted by Crippen LogP contribution is 2.25. The molecule has 0 bridgehead atoms. The van der Waals surface area contributed by atoms with Crippen molar-refractivity contribution in [2.75, 3.05) is 11.9 Å². The molecule has 0 radical (unpaired) electrons. The molecule has 0 spiro atoms. The van der Waals surface area contributed by atoms with Gasteiger partial charge in [-0.1, -0.05) is 0 Å². The van der Waals surface area contributed by atoms with Crippen LogP contribution in [0.1, 0.15) is 27.2 Å². The number of carbonyl (C=O) groups is 2. The highest BCUT2D eigenvalue weighted by Gasteiger charge is 2.40. The monoisotopic (exact) mass is 407 g/mol. The Morgan fingerprint density at radius 3 is 2.29 bits per heavy atom. The van der Waals surface area contributed by atoms with E-state index in [0.29, 0.717) is 0 Å². The number of alkyl halides is 4. The van der Waals surface area contributed by atoms with Gasteiger partial charge in [0.05, 0.1) is 6.04 Å². The van der Waals surface area contributed by atoms with Gasteiger partial charge in [0.2, 0.25) is 0 Å². The maximum atomic E-state index is 14.4. The van der Waals surface area contributed by atoms with Gasteiger partial charge < -0.3 is 20.1 Å². The number of likely N-dealkylation sites (tertiary alicyclic amines) is 1. The van der Waals surface area contributed by atoms with Crippen molar-refractivity contribution >= 4 is 17.8 Å². The highest BCUT2D eigenvalue weighted by atomic mass is 19.4. The van der Waals surface area contributed by atoms with Gasteiger partial charge in [-0.05, 0) is 51.5 Å². The van der Waals surface area contributed by atoms with E-state index < -0.39 is 42.2 Å². The van der Waals surface area contributed by atoms with Crippen LogP contribution in [0.4, 0.5) is 32.8 Å². The van der Waals surface area contributed by atoms with E-state index in [0.717, 1.165) is 17.0 Å². The first-order valence-corrected chi connectivity index (χ1v) is 8.41. The first-order chi connectivity index (χ1) is 12.8. The molecular formula is C17H21F4N3O4. The minimum absolute atomic E-state index is 0.0739. The fourth-order valence-corrected chi connectivity index (χ4v) is 2.49. The second-order valence-electron chi connectivity index (χ2n) is 7.11. The first-order valence-electron chi connectivity index (χ1n) is 8.41. The van der Waals surface area contributed by atoms with Gasteiger partial charge in [0, 0.05) is 12.2 Å². The van der Waals surface area contributed by atoms with E-state index in [1.165, 1.54) is 12.1 Å². The lowest BCUT2D eigenvalue weighted by Gasteiger charge is -2.26. The summed E-state index contributed by atoms with van der Waals surface area (Å²) in [5, 5.41) is 4.77. The molecule has 1 saturated heterocycles. The number of rotatable bonds is 3. The standard InChI is InChI=1S/C17H21F4N3O4/c1-16(2,3)28-15(26)24-9-8-12(13(24)18)23-14(25)22-10-4-6-11(7-5-10)27-17(19,20)21/h4-7,12-13H,8-9H2,1-3H3,(H2,22,23,25)/t12-,13+/m0/s1. The van der Waals surface area contributed by atoms with Crippen LogP contribution >= 0.6 is 0 Å². The smallest absolute Gasteiger partial charge is 0.444 e. The lowest BCUT2D eigenvalue weighted by molar-refractivity contribution is -0.274. The van der Waals surface area contributed by atoms with Crippen LogP contribution in [-0.4, -0.2) is 47.9 Å². The predicted octanol–water partition coefficient (Wildman–Crippen LogP) is 4.01. The lowest BCUT2D eigenvalue weighted by Crippen LogP contribution is -2.46. The summed E-state index contributed by atoms with van der Waals surface area (Å²) in [6.45, 7) is 5.04. The Morgan fingerprint density at radius 2 is 1.75 bits per heavy atom. The summed E-state index contributed by atoms with van der Waals surface area (Å²) >= 11 is 0. The van der Waals surface area contributed by atoms with E-state index in [9.17, 15) is 27.2 Å². The molecule has 1 aromatic rings. The SMILES string of the molecule is CC(C)(C)OC(=O)N1CC[C@H](NC(=O)Nc2ccc(OC(F)(F)F)cc2)[C@@H]1F. The fourth-order valence-electron chi connectivity index (χ4n) is 2.49. The molecule has 2 atom stereocenters. The molecule has 2 N–H and O–H groups in total. The third kappa shape index (κ3) is 6.46. The summed E-state index contributed by atoms with van der Waals surface area (Å²) in [4.78, 5) is 24.9. The zero-order chi connectivity index (χ0) is 21.1. The van der Waals surface area contributed by atoms with Gasteiger partial charge in [-0.3, -0.25) is 4.90 Å². The van der Waals surface area contributed by atoms with Crippen LogP contribution in [0.3, 0.4) is 0 Å². The molecule has 28 heavy (non-hydrogen) atoms. The number of benzene rings is 1. The van der Waals surface area contributed by atoms with E-state index in [1.807, 2.05) is 0 Å². The van der Waals surface area contributed by atoms with Crippen LogP contribution in [0.15, 0.2) is 24.3 Å². The Bertz CT molecular complexity index is 704. The number of nitrogens with one attached hydrogen (secondary N) is 2. The second-order valence-corrected chi connectivity index (χ2v) is 7.11. The molecule has 2 rings (SSSR count). The summed E-state index contributed by atoms with van der Waals surface area (Å²) < 4.78 is 59.6. The summed E-state index contributed by atoms with van der Waals surface area (Å²) in [6.07, 6.45) is -7.20. The normalized spacial score (nSPS) is 19.9. The van der Waals surface area contributed by atoms with Gasteiger partial charge >= 0.3 is 18.5 Å². The Balaban J connectivity index is 1.87. The second kappa shape index (κ2) is 8.11. The number of ether oxygens (including phenoxy) is 2. The molecule has 1 aliphatic heterocycles. The maximum Gasteiger partial charge on any atom is 0.573 e. The van der Waals surface area contributed by atoms with E-state index >= 15 is 0 Å². The van der Waals surface area contributed by atoms with Crippen LogP contribution < -0.4 is 15.4 Å². The summed E-state index contributed by atoms with van der Waals surface area (Å²) in [7, 11) is 0. The van der Waals surface area contributed by atoms with E-state index in [1.54, 1.807) is 20.8 Å². The van der Waals surface area contributed by atoms with Crippen molar-refractivity contribution in [3.8, 4) is 5.75 Å². The number of hydrogen-bond donors (Lipinski definition) is 2. The number of carbonyl (C=O) groups excluding carboxylic acids is 2. The lowest BCUT2D eigenvalue weighted by atomic mass is 10.2. The molecule has 3 amide bonds.